The molecule has 1 aromatic rings. The minimum Gasteiger partial charge on any atom is -0.489 e. The van der Waals surface area contributed by atoms with Gasteiger partial charge in [-0.2, -0.15) is 0 Å². The molecule has 0 fully saturated rings. The zero-order valence-electron chi connectivity index (χ0n) is 10.7. The number of aromatic nitrogens is 2. The van der Waals surface area contributed by atoms with Crippen molar-refractivity contribution in [1.29, 1.82) is 0 Å². The first-order valence-corrected chi connectivity index (χ1v) is 5.49. The summed E-state index contributed by atoms with van der Waals surface area (Å²) in [6.07, 6.45) is 1.33. The van der Waals surface area contributed by atoms with E-state index < -0.39 is 0 Å². The lowest BCUT2D eigenvalue weighted by Crippen LogP contribution is -2.34. The molecule has 0 aromatic carbocycles. The molecule has 1 heterocycles. The molecule has 0 saturated heterocycles. The second-order valence-corrected chi connectivity index (χ2v) is 4.16. The summed E-state index contributed by atoms with van der Waals surface area (Å²) in [5.74, 6) is 0.601. The quantitative estimate of drug-likeness (QED) is 0.777. The Morgan fingerprint density at radius 3 is 2.82 bits per heavy atom. The Morgan fingerprint density at radius 1 is 1.53 bits per heavy atom. The molecule has 0 bridgehead atoms. The topological polar surface area (TPSA) is 76.2 Å². The third kappa shape index (κ3) is 3.74. The van der Waals surface area contributed by atoms with Crippen molar-refractivity contribution in [3.63, 3.8) is 0 Å². The molecule has 17 heavy (non-hydrogen) atoms. The minimum atomic E-state index is -0.329. The SMILES string of the molecule is CCOC(C)(C)CNc1nc[nH]c(=O)c1OC. The molecule has 96 valence electrons. The van der Waals surface area contributed by atoms with E-state index in [0.717, 1.165) is 0 Å². The molecule has 0 radical (unpaired) electrons. The van der Waals surface area contributed by atoms with Crippen LogP contribution < -0.4 is 15.6 Å². The van der Waals surface area contributed by atoms with Crippen LogP contribution in [-0.4, -0.2) is 35.8 Å². The predicted molar refractivity (Wildman–Crippen MR) is 65.6 cm³/mol. The lowest BCUT2D eigenvalue weighted by Gasteiger charge is -2.25. The van der Waals surface area contributed by atoms with Crippen molar-refractivity contribution >= 4 is 5.82 Å². The number of hydrogen-bond acceptors (Lipinski definition) is 5. The van der Waals surface area contributed by atoms with Crippen LogP contribution in [0.2, 0.25) is 0 Å². The Morgan fingerprint density at radius 2 is 2.24 bits per heavy atom. The largest absolute Gasteiger partial charge is 0.489 e. The van der Waals surface area contributed by atoms with E-state index in [9.17, 15) is 4.79 Å². The highest BCUT2D eigenvalue weighted by atomic mass is 16.5. The number of ether oxygens (including phenoxy) is 2. The smallest absolute Gasteiger partial charge is 0.295 e. The average Bonchev–Trinajstić information content (AvgIpc) is 2.26. The molecule has 1 rings (SSSR count). The molecule has 0 spiro atoms. The first-order valence-electron chi connectivity index (χ1n) is 5.49. The molecule has 0 saturated carbocycles. The highest BCUT2D eigenvalue weighted by Gasteiger charge is 2.19. The van der Waals surface area contributed by atoms with Gasteiger partial charge in [0.1, 0.15) is 0 Å². The van der Waals surface area contributed by atoms with Crippen LogP contribution >= 0.6 is 0 Å². The second kappa shape index (κ2) is 5.67. The van der Waals surface area contributed by atoms with Crippen molar-refractivity contribution in [2.45, 2.75) is 26.4 Å². The van der Waals surface area contributed by atoms with Crippen LogP contribution in [0.3, 0.4) is 0 Å². The first-order chi connectivity index (χ1) is 8.00. The molecular weight excluding hydrogens is 222 g/mol. The number of nitrogens with one attached hydrogen (secondary N) is 2. The number of H-pyrrole nitrogens is 1. The summed E-state index contributed by atoms with van der Waals surface area (Å²) >= 11 is 0. The van der Waals surface area contributed by atoms with Crippen molar-refractivity contribution in [2.75, 3.05) is 25.6 Å². The van der Waals surface area contributed by atoms with Gasteiger partial charge in [-0.1, -0.05) is 0 Å². The summed E-state index contributed by atoms with van der Waals surface area (Å²) in [4.78, 5) is 17.9. The van der Waals surface area contributed by atoms with E-state index >= 15 is 0 Å². The van der Waals surface area contributed by atoms with Gasteiger partial charge in [-0.15, -0.1) is 0 Å². The van der Waals surface area contributed by atoms with Crippen LogP contribution in [0.5, 0.6) is 5.75 Å². The maximum Gasteiger partial charge on any atom is 0.295 e. The van der Waals surface area contributed by atoms with Gasteiger partial charge in [-0.25, -0.2) is 4.98 Å². The second-order valence-electron chi connectivity index (χ2n) is 4.16. The molecule has 6 heteroatoms. The van der Waals surface area contributed by atoms with Gasteiger partial charge in [0.15, 0.2) is 5.82 Å². The lowest BCUT2D eigenvalue weighted by molar-refractivity contribution is 0.000614. The van der Waals surface area contributed by atoms with Crippen LogP contribution in [0.4, 0.5) is 5.82 Å². The van der Waals surface area contributed by atoms with E-state index in [4.69, 9.17) is 9.47 Å². The van der Waals surface area contributed by atoms with Crippen LogP contribution in [0.15, 0.2) is 11.1 Å². The zero-order valence-corrected chi connectivity index (χ0v) is 10.7. The predicted octanol–water partition coefficient (Wildman–Crippen LogP) is 1.01. The van der Waals surface area contributed by atoms with Gasteiger partial charge in [0, 0.05) is 13.2 Å². The lowest BCUT2D eigenvalue weighted by atomic mass is 10.1. The van der Waals surface area contributed by atoms with Gasteiger partial charge in [0.05, 0.1) is 19.0 Å². The highest BCUT2D eigenvalue weighted by molar-refractivity contribution is 5.47. The van der Waals surface area contributed by atoms with Gasteiger partial charge in [0.2, 0.25) is 5.75 Å². The number of nitrogens with zero attached hydrogens (tertiary/aromatic N) is 1. The monoisotopic (exact) mass is 241 g/mol. The van der Waals surface area contributed by atoms with E-state index in [0.29, 0.717) is 19.0 Å². The summed E-state index contributed by atoms with van der Waals surface area (Å²) in [6.45, 7) is 7.03. The van der Waals surface area contributed by atoms with Crippen molar-refractivity contribution in [1.82, 2.24) is 9.97 Å². The molecule has 0 amide bonds. The molecule has 0 atom stereocenters. The molecule has 2 N–H and O–H groups in total. The summed E-state index contributed by atoms with van der Waals surface area (Å²) < 4.78 is 10.5. The van der Waals surface area contributed by atoms with Crippen molar-refractivity contribution in [2.24, 2.45) is 0 Å². The molecular formula is C11H19N3O3. The molecule has 0 aliphatic heterocycles. The van der Waals surface area contributed by atoms with Crippen LogP contribution in [-0.2, 0) is 4.74 Å². The van der Waals surface area contributed by atoms with Crippen LogP contribution in [0.1, 0.15) is 20.8 Å². The number of methoxy groups -OCH3 is 1. The molecule has 6 nitrogen and oxygen atoms in total. The fraction of sp³-hybridized carbons (Fsp3) is 0.636. The average molecular weight is 241 g/mol. The minimum absolute atomic E-state index is 0.180. The van der Waals surface area contributed by atoms with E-state index in [-0.39, 0.29) is 16.9 Å². The van der Waals surface area contributed by atoms with Gasteiger partial charge in [-0.05, 0) is 20.8 Å². The normalized spacial score (nSPS) is 11.3. The van der Waals surface area contributed by atoms with Crippen molar-refractivity contribution in [3.8, 4) is 5.75 Å². The number of hydrogen-bond donors (Lipinski definition) is 2. The van der Waals surface area contributed by atoms with Crippen LogP contribution in [0.25, 0.3) is 0 Å². The van der Waals surface area contributed by atoms with Crippen molar-refractivity contribution in [3.05, 3.63) is 16.7 Å². The summed E-state index contributed by atoms with van der Waals surface area (Å²) in [5, 5.41) is 3.05. The van der Waals surface area contributed by atoms with Crippen molar-refractivity contribution < 1.29 is 9.47 Å². The fourth-order valence-electron chi connectivity index (χ4n) is 1.44. The Balaban J connectivity index is 2.76. The maximum atomic E-state index is 11.4. The Labute approximate surface area is 100 Å². The van der Waals surface area contributed by atoms with E-state index in [2.05, 4.69) is 15.3 Å². The maximum absolute atomic E-state index is 11.4. The zero-order chi connectivity index (χ0) is 12.9. The number of aromatic amines is 1. The van der Waals surface area contributed by atoms with Gasteiger partial charge < -0.3 is 19.8 Å². The molecule has 0 aliphatic rings. The Kier molecular flexibility index (Phi) is 4.51. The standard InChI is InChI=1S/C11H19N3O3/c1-5-17-11(2,3)6-12-9-8(16-4)10(15)14-7-13-9/h7H,5-6H2,1-4H3,(H2,12,13,14,15). The molecule has 1 aromatic heterocycles. The van der Waals surface area contributed by atoms with E-state index in [1.54, 1.807) is 0 Å². The molecule has 0 unspecified atom stereocenters. The Bertz CT molecular complexity index is 415. The fourth-order valence-corrected chi connectivity index (χ4v) is 1.44. The number of anilines is 1. The van der Waals surface area contributed by atoms with Gasteiger partial charge in [-0.3, -0.25) is 4.79 Å². The third-order valence-electron chi connectivity index (χ3n) is 2.23. The van der Waals surface area contributed by atoms with Crippen LogP contribution in [0, 0.1) is 0 Å². The van der Waals surface area contributed by atoms with Gasteiger partial charge >= 0.3 is 0 Å². The summed E-state index contributed by atoms with van der Waals surface area (Å²) in [7, 11) is 1.44. The van der Waals surface area contributed by atoms with E-state index in [1.165, 1.54) is 13.4 Å². The first kappa shape index (κ1) is 13.5. The Hall–Kier alpha value is -1.56. The third-order valence-corrected chi connectivity index (χ3v) is 2.23. The number of rotatable bonds is 6. The summed E-state index contributed by atoms with van der Waals surface area (Å²) in [6, 6.07) is 0. The molecule has 0 aliphatic carbocycles. The highest BCUT2D eigenvalue weighted by Crippen LogP contribution is 2.16. The van der Waals surface area contributed by atoms with Gasteiger partial charge in [0.25, 0.3) is 5.56 Å². The van der Waals surface area contributed by atoms with E-state index in [1.807, 2.05) is 20.8 Å². The summed E-state index contributed by atoms with van der Waals surface area (Å²) in [5.41, 5.74) is -0.636.